The zero-order valence-corrected chi connectivity index (χ0v) is 55.2. The van der Waals surface area contributed by atoms with Gasteiger partial charge in [0.25, 0.3) is 0 Å². The van der Waals surface area contributed by atoms with E-state index < -0.39 is 12.1 Å². The third kappa shape index (κ3) is 67.0. The largest absolute Gasteiger partial charge is 0.466 e. The summed E-state index contributed by atoms with van der Waals surface area (Å²) in [7, 11) is 0. The second kappa shape index (κ2) is 71.3. The van der Waals surface area contributed by atoms with E-state index in [1.54, 1.807) is 6.08 Å². The molecule has 0 fully saturated rings. The maximum Gasteiger partial charge on any atom is 0.305 e. The number of aliphatic hydroxyl groups excluding tert-OH is 2. The average molecular weight is 1150 g/mol. The number of ether oxygens (including phenoxy) is 1. The highest BCUT2D eigenvalue weighted by molar-refractivity contribution is 5.76. The van der Waals surface area contributed by atoms with E-state index in [1.807, 2.05) is 6.08 Å². The van der Waals surface area contributed by atoms with E-state index in [9.17, 15) is 19.8 Å². The topological polar surface area (TPSA) is 95.9 Å². The molecule has 0 radical (unpaired) electrons. The van der Waals surface area contributed by atoms with Gasteiger partial charge in [-0.15, -0.1) is 0 Å². The number of nitrogens with one attached hydrogen (secondary N) is 1. The fourth-order valence-electron chi connectivity index (χ4n) is 11.4. The number of allylic oxidation sites excluding steroid dienone is 7. The molecule has 0 heterocycles. The highest BCUT2D eigenvalue weighted by Gasteiger charge is 2.18. The van der Waals surface area contributed by atoms with Gasteiger partial charge in [-0.25, -0.2) is 0 Å². The van der Waals surface area contributed by atoms with E-state index in [1.165, 1.54) is 321 Å². The summed E-state index contributed by atoms with van der Waals surface area (Å²) in [5, 5.41) is 23.2. The normalized spacial score (nSPS) is 12.8. The molecule has 0 aromatic heterocycles. The minimum absolute atomic E-state index is 0.00355. The van der Waals surface area contributed by atoms with Crippen molar-refractivity contribution in [1.82, 2.24) is 5.32 Å². The van der Waals surface area contributed by atoms with Gasteiger partial charge in [0.2, 0.25) is 5.91 Å². The van der Waals surface area contributed by atoms with Crippen LogP contribution in [0.1, 0.15) is 399 Å². The summed E-state index contributed by atoms with van der Waals surface area (Å²) in [5.41, 5.74) is 0. The molecule has 1 amide bonds. The number of carbonyl (C=O) groups is 2. The van der Waals surface area contributed by atoms with Crippen LogP contribution in [0.25, 0.3) is 0 Å². The van der Waals surface area contributed by atoms with Crippen molar-refractivity contribution in [3.05, 3.63) is 48.6 Å². The molecule has 6 heteroatoms. The van der Waals surface area contributed by atoms with Gasteiger partial charge in [0.15, 0.2) is 0 Å². The Morgan fingerprint density at radius 1 is 0.341 bits per heavy atom. The van der Waals surface area contributed by atoms with Gasteiger partial charge < -0.3 is 20.3 Å². The van der Waals surface area contributed by atoms with Gasteiger partial charge in [-0.2, -0.15) is 0 Å². The van der Waals surface area contributed by atoms with Crippen LogP contribution in [-0.2, 0) is 14.3 Å². The Balaban J connectivity index is 3.39. The van der Waals surface area contributed by atoms with Crippen LogP contribution in [0.2, 0.25) is 0 Å². The minimum Gasteiger partial charge on any atom is -0.466 e. The Labute approximate surface area is 512 Å². The van der Waals surface area contributed by atoms with E-state index in [2.05, 4.69) is 55.6 Å². The first kappa shape index (κ1) is 79.8. The zero-order valence-electron chi connectivity index (χ0n) is 55.2. The lowest BCUT2D eigenvalue weighted by molar-refractivity contribution is -0.143. The lowest BCUT2D eigenvalue weighted by Gasteiger charge is -2.20. The molecule has 3 N–H and O–H groups in total. The number of amides is 1. The minimum atomic E-state index is -0.845. The summed E-state index contributed by atoms with van der Waals surface area (Å²) in [6, 6.07) is -0.628. The van der Waals surface area contributed by atoms with Gasteiger partial charge in [-0.05, 0) is 89.9 Å². The molecule has 0 bridgehead atoms. The summed E-state index contributed by atoms with van der Waals surface area (Å²) < 4.78 is 5.49. The van der Waals surface area contributed by atoms with E-state index in [0.717, 1.165) is 51.4 Å². The Kier molecular flexibility index (Phi) is 69.4. The highest BCUT2D eigenvalue weighted by atomic mass is 16.5. The second-order valence-corrected chi connectivity index (χ2v) is 25.3. The first-order valence-corrected chi connectivity index (χ1v) is 36.9. The predicted octanol–water partition coefficient (Wildman–Crippen LogP) is 24.0. The summed E-state index contributed by atoms with van der Waals surface area (Å²) in [4.78, 5) is 24.6. The summed E-state index contributed by atoms with van der Waals surface area (Å²) in [6.45, 7) is 4.91. The van der Waals surface area contributed by atoms with Crippen LogP contribution in [0, 0.1) is 0 Å². The van der Waals surface area contributed by atoms with Crippen LogP contribution in [0.15, 0.2) is 48.6 Å². The smallest absolute Gasteiger partial charge is 0.305 e. The molecule has 0 aromatic rings. The Bertz CT molecular complexity index is 1370. The molecule has 0 aliphatic carbocycles. The molecule has 0 saturated carbocycles. The van der Waals surface area contributed by atoms with Gasteiger partial charge in [-0.1, -0.05) is 345 Å². The lowest BCUT2D eigenvalue weighted by atomic mass is 10.0. The van der Waals surface area contributed by atoms with Crippen LogP contribution in [0.5, 0.6) is 0 Å². The van der Waals surface area contributed by atoms with Gasteiger partial charge in [0.05, 0.1) is 25.4 Å². The first-order valence-electron chi connectivity index (χ1n) is 36.9. The van der Waals surface area contributed by atoms with Crippen molar-refractivity contribution >= 4 is 11.9 Å². The van der Waals surface area contributed by atoms with Gasteiger partial charge in [-0.3, -0.25) is 9.59 Å². The quantitative estimate of drug-likeness (QED) is 0.0320. The van der Waals surface area contributed by atoms with Gasteiger partial charge >= 0.3 is 5.97 Å². The molecular formula is C76H143NO5. The van der Waals surface area contributed by atoms with E-state index in [4.69, 9.17) is 4.74 Å². The maximum atomic E-state index is 12.5. The number of hydrogen-bond acceptors (Lipinski definition) is 5. The maximum absolute atomic E-state index is 12.5. The number of hydrogen-bond donors (Lipinski definition) is 3. The highest BCUT2D eigenvalue weighted by Crippen LogP contribution is 2.18. The zero-order chi connectivity index (χ0) is 59.2. The standard InChI is InChI=1S/C76H143NO5/c1-3-5-7-9-11-13-15-17-19-21-34-37-40-44-48-52-56-60-64-68-74(79)73(72-78)77-75(80)69-65-61-57-53-49-45-41-38-35-32-30-28-26-24-22-23-25-27-29-31-33-36-39-43-47-51-55-59-63-67-71-82-76(81)70-66-62-58-54-50-46-42-20-18-16-14-12-10-8-6-4-2/h14,16,20,23,25,42,64,68,73-74,78-79H,3-13,15,17-19,21-22,24,26-41,43-63,65-67,69-72H2,1-2H3,(H,77,80)/b16-14-,25-23-,42-20-,68-64+. The second-order valence-electron chi connectivity index (χ2n) is 25.3. The molecule has 482 valence electrons. The van der Waals surface area contributed by atoms with Crippen molar-refractivity contribution in [2.45, 2.75) is 411 Å². The molecule has 2 unspecified atom stereocenters. The van der Waals surface area contributed by atoms with E-state index in [0.29, 0.717) is 19.4 Å². The molecule has 0 spiro atoms. The third-order valence-electron chi connectivity index (χ3n) is 17.1. The molecule has 0 aromatic carbocycles. The molecule has 0 saturated heterocycles. The van der Waals surface area contributed by atoms with Gasteiger partial charge in [0.1, 0.15) is 0 Å². The van der Waals surface area contributed by atoms with Crippen molar-refractivity contribution in [1.29, 1.82) is 0 Å². The molecule has 6 nitrogen and oxygen atoms in total. The lowest BCUT2D eigenvalue weighted by Crippen LogP contribution is -2.45. The summed E-state index contributed by atoms with van der Waals surface area (Å²) in [6.07, 6.45) is 93.4. The molecule has 82 heavy (non-hydrogen) atoms. The average Bonchev–Trinajstić information content (AvgIpc) is 3.48. The monoisotopic (exact) mass is 1150 g/mol. The molecular weight excluding hydrogens is 1010 g/mol. The number of carbonyl (C=O) groups excluding carboxylic acids is 2. The molecule has 0 rings (SSSR count). The number of rotatable bonds is 69. The van der Waals surface area contributed by atoms with Crippen LogP contribution in [0.4, 0.5) is 0 Å². The van der Waals surface area contributed by atoms with E-state index in [-0.39, 0.29) is 18.5 Å². The Hall–Kier alpha value is -2.18. The van der Waals surface area contributed by atoms with Crippen molar-refractivity contribution in [2.24, 2.45) is 0 Å². The summed E-state index contributed by atoms with van der Waals surface area (Å²) in [5.74, 6) is -0.0599. The number of aliphatic hydroxyl groups is 2. The number of esters is 1. The van der Waals surface area contributed by atoms with Crippen molar-refractivity contribution in [2.75, 3.05) is 13.2 Å². The van der Waals surface area contributed by atoms with Crippen LogP contribution < -0.4 is 5.32 Å². The van der Waals surface area contributed by atoms with E-state index >= 15 is 0 Å². The third-order valence-corrected chi connectivity index (χ3v) is 17.1. The SMILES string of the molecule is CCCCCC/C=C\C/C=C\CCCCCCCC(=O)OCCCCCCCCCCCCCC/C=C\CCCCCCCCCCCCCCCCC(=O)NC(CO)C(O)/C=C/CCCCCCCCCCCCCCCCCCC. The Morgan fingerprint density at radius 3 is 0.951 bits per heavy atom. The summed E-state index contributed by atoms with van der Waals surface area (Å²) >= 11 is 0. The van der Waals surface area contributed by atoms with Crippen LogP contribution in [-0.4, -0.2) is 47.4 Å². The molecule has 0 aliphatic heterocycles. The van der Waals surface area contributed by atoms with Gasteiger partial charge in [0, 0.05) is 12.8 Å². The fraction of sp³-hybridized carbons (Fsp3) is 0.868. The first-order chi connectivity index (χ1) is 40.5. The van der Waals surface area contributed by atoms with Crippen molar-refractivity contribution < 1.29 is 24.5 Å². The fourth-order valence-corrected chi connectivity index (χ4v) is 11.4. The molecule has 0 aliphatic rings. The van der Waals surface area contributed by atoms with Crippen molar-refractivity contribution in [3.8, 4) is 0 Å². The Morgan fingerprint density at radius 2 is 0.610 bits per heavy atom. The van der Waals surface area contributed by atoms with Crippen LogP contribution >= 0.6 is 0 Å². The van der Waals surface area contributed by atoms with Crippen LogP contribution in [0.3, 0.4) is 0 Å². The molecule has 2 atom stereocenters. The number of unbranched alkanes of at least 4 members (excludes halogenated alkanes) is 52. The van der Waals surface area contributed by atoms with Crippen molar-refractivity contribution in [3.63, 3.8) is 0 Å². The predicted molar refractivity (Wildman–Crippen MR) is 361 cm³/mol.